The van der Waals surface area contributed by atoms with Gasteiger partial charge >= 0.3 is 24.2 Å². The predicted octanol–water partition coefficient (Wildman–Crippen LogP) is 7.14. The first kappa shape index (κ1) is 23.2. The van der Waals surface area contributed by atoms with Gasteiger partial charge in [0.1, 0.15) is 0 Å². The highest BCUT2D eigenvalue weighted by molar-refractivity contribution is 14.1. The average Bonchev–Trinajstić information content (AvgIpc) is 2.57. The third-order valence-corrected chi connectivity index (χ3v) is 4.74. The molecule has 2 rings (SSSR count). The summed E-state index contributed by atoms with van der Waals surface area (Å²) in [7, 11) is 0. The van der Waals surface area contributed by atoms with Crippen LogP contribution in [0.2, 0.25) is 0 Å². The van der Waals surface area contributed by atoms with E-state index in [9.17, 15) is 43.9 Å². The molecule has 156 valence electrons. The SMILES string of the molecule is N#Cc1ccccc1-c1c(I)cc(C(F)(F)F)cc1C(F)(C(F)(F)F)C(F)(F)F. The molecule has 0 heterocycles. The van der Waals surface area contributed by atoms with E-state index < -0.39 is 61.7 Å². The topological polar surface area (TPSA) is 23.8 Å². The minimum atomic E-state index is -6.63. The fourth-order valence-corrected chi connectivity index (χ4v) is 3.50. The molecule has 0 spiro atoms. The summed E-state index contributed by atoms with van der Waals surface area (Å²) < 4.78 is 133. The van der Waals surface area contributed by atoms with Crippen LogP contribution in [0.4, 0.5) is 43.9 Å². The Bertz CT molecular complexity index is 952. The minimum absolute atomic E-state index is 0.278. The van der Waals surface area contributed by atoms with Crippen molar-refractivity contribution in [2.75, 3.05) is 0 Å². The summed E-state index contributed by atoms with van der Waals surface area (Å²) >= 11 is 1.07. The second-order valence-electron chi connectivity index (χ2n) is 5.69. The molecule has 0 saturated heterocycles. The van der Waals surface area contributed by atoms with E-state index in [4.69, 9.17) is 5.26 Å². The van der Waals surface area contributed by atoms with E-state index >= 15 is 0 Å². The molecule has 0 unspecified atom stereocenters. The third-order valence-electron chi connectivity index (χ3n) is 3.89. The Balaban J connectivity index is 3.10. The molecule has 2 aromatic carbocycles. The van der Waals surface area contributed by atoms with Crippen LogP contribution in [-0.2, 0) is 11.8 Å². The van der Waals surface area contributed by atoms with Crippen LogP contribution >= 0.6 is 22.6 Å². The Hall–Kier alpha value is -2.04. The van der Waals surface area contributed by atoms with Gasteiger partial charge in [-0.25, -0.2) is 4.39 Å². The number of nitrogens with zero attached hydrogens (tertiary/aromatic N) is 1. The van der Waals surface area contributed by atoms with Gasteiger partial charge in [-0.2, -0.15) is 44.8 Å². The van der Waals surface area contributed by atoms with Gasteiger partial charge in [-0.1, -0.05) is 18.2 Å². The zero-order valence-electron chi connectivity index (χ0n) is 13.6. The maximum absolute atomic E-state index is 14.8. The second kappa shape index (κ2) is 7.33. The molecule has 0 aromatic heterocycles. The molecule has 2 aromatic rings. The van der Waals surface area contributed by atoms with Crippen molar-refractivity contribution in [1.29, 1.82) is 5.26 Å². The van der Waals surface area contributed by atoms with E-state index in [1.54, 1.807) is 0 Å². The molecule has 0 N–H and O–H groups in total. The van der Waals surface area contributed by atoms with Crippen LogP contribution in [0.5, 0.6) is 0 Å². The van der Waals surface area contributed by atoms with E-state index in [1.807, 2.05) is 0 Å². The van der Waals surface area contributed by atoms with Crippen LogP contribution in [0.25, 0.3) is 11.1 Å². The minimum Gasteiger partial charge on any atom is -0.218 e. The van der Waals surface area contributed by atoms with E-state index in [0.717, 1.165) is 40.8 Å². The molecule has 0 saturated carbocycles. The zero-order valence-corrected chi connectivity index (χ0v) is 15.7. The summed E-state index contributed by atoms with van der Waals surface area (Å²) in [5.41, 5.74) is -12.4. The largest absolute Gasteiger partial charge is 0.435 e. The highest BCUT2D eigenvalue weighted by Crippen LogP contribution is 2.56. The van der Waals surface area contributed by atoms with Gasteiger partial charge in [0.15, 0.2) is 0 Å². The maximum Gasteiger partial charge on any atom is 0.435 e. The highest BCUT2D eigenvalue weighted by Gasteiger charge is 2.74. The molecule has 0 fully saturated rings. The molecule has 1 nitrogen and oxygen atoms in total. The number of rotatable bonds is 2. The first-order valence-corrected chi connectivity index (χ1v) is 8.36. The fraction of sp³-hybridized carbons (Fsp3) is 0.235. The Morgan fingerprint density at radius 1 is 0.793 bits per heavy atom. The van der Waals surface area contributed by atoms with Crippen LogP contribution in [0.1, 0.15) is 16.7 Å². The number of benzene rings is 2. The van der Waals surface area contributed by atoms with Gasteiger partial charge in [0, 0.05) is 20.3 Å². The smallest absolute Gasteiger partial charge is 0.218 e. The van der Waals surface area contributed by atoms with Crippen molar-refractivity contribution in [3.8, 4) is 17.2 Å². The molecular weight excluding hydrogens is 535 g/mol. The van der Waals surface area contributed by atoms with Crippen molar-refractivity contribution in [2.24, 2.45) is 0 Å². The van der Waals surface area contributed by atoms with Gasteiger partial charge in [0.05, 0.1) is 17.2 Å². The quantitative estimate of drug-likeness (QED) is 0.293. The lowest BCUT2D eigenvalue weighted by atomic mass is 9.84. The lowest BCUT2D eigenvalue weighted by Gasteiger charge is -2.33. The lowest BCUT2D eigenvalue weighted by molar-refractivity contribution is -0.348. The van der Waals surface area contributed by atoms with Crippen molar-refractivity contribution in [2.45, 2.75) is 24.2 Å². The van der Waals surface area contributed by atoms with Gasteiger partial charge in [-0.3, -0.25) is 0 Å². The molecule has 0 atom stereocenters. The van der Waals surface area contributed by atoms with Gasteiger partial charge in [0.2, 0.25) is 0 Å². The zero-order chi connectivity index (χ0) is 22.4. The molecule has 0 aliphatic rings. The van der Waals surface area contributed by atoms with E-state index in [2.05, 4.69) is 0 Å². The van der Waals surface area contributed by atoms with Crippen molar-refractivity contribution in [3.63, 3.8) is 0 Å². The molecule has 0 radical (unpaired) electrons. The summed E-state index contributed by atoms with van der Waals surface area (Å²) in [6, 6.07) is 5.57. The Kier molecular flexibility index (Phi) is 5.88. The van der Waals surface area contributed by atoms with E-state index in [0.29, 0.717) is 0 Å². The summed E-state index contributed by atoms with van der Waals surface area (Å²) in [6.45, 7) is 0. The third kappa shape index (κ3) is 4.01. The lowest BCUT2D eigenvalue weighted by Crippen LogP contribution is -2.51. The molecule has 0 bridgehead atoms. The van der Waals surface area contributed by atoms with E-state index in [-0.39, 0.29) is 6.07 Å². The normalized spacial score (nSPS) is 13.3. The Labute approximate surface area is 170 Å². The summed E-state index contributed by atoms with van der Waals surface area (Å²) in [4.78, 5) is 0. The predicted molar refractivity (Wildman–Crippen MR) is 89.2 cm³/mol. The van der Waals surface area contributed by atoms with Gasteiger partial charge in [0.25, 0.3) is 0 Å². The molecular formula is C17H6F10IN. The molecule has 0 aliphatic carbocycles. The first-order chi connectivity index (χ1) is 13.1. The standard InChI is InChI=1S/C17H6F10IN/c18-14(16(22,23)24,17(25,26)27)11-5-9(15(19,20)21)6-12(28)13(11)10-4-2-1-3-8(10)7-29/h1-6H. The number of alkyl halides is 10. The molecule has 0 aliphatic heterocycles. The number of hydrogen-bond acceptors (Lipinski definition) is 1. The molecule has 0 amide bonds. The average molecular weight is 541 g/mol. The van der Waals surface area contributed by atoms with E-state index in [1.165, 1.54) is 12.1 Å². The van der Waals surface area contributed by atoms with Crippen molar-refractivity contribution in [3.05, 3.63) is 56.7 Å². The second-order valence-corrected chi connectivity index (χ2v) is 6.85. The van der Waals surface area contributed by atoms with Crippen molar-refractivity contribution >= 4 is 22.6 Å². The monoisotopic (exact) mass is 541 g/mol. The van der Waals surface area contributed by atoms with Crippen LogP contribution < -0.4 is 0 Å². The van der Waals surface area contributed by atoms with Crippen LogP contribution in [0.3, 0.4) is 0 Å². The summed E-state index contributed by atoms with van der Waals surface area (Å²) in [5.74, 6) is 0. The summed E-state index contributed by atoms with van der Waals surface area (Å²) in [6.07, 6.45) is -18.6. The Morgan fingerprint density at radius 3 is 1.76 bits per heavy atom. The number of halogens is 11. The van der Waals surface area contributed by atoms with Gasteiger partial charge in [-0.15, -0.1) is 0 Å². The van der Waals surface area contributed by atoms with Gasteiger partial charge in [-0.05, 0) is 40.8 Å². The van der Waals surface area contributed by atoms with Crippen LogP contribution in [-0.4, -0.2) is 12.4 Å². The highest BCUT2D eigenvalue weighted by atomic mass is 127. The molecule has 12 heteroatoms. The number of nitriles is 1. The van der Waals surface area contributed by atoms with Crippen LogP contribution in [0, 0.1) is 14.9 Å². The molecule has 29 heavy (non-hydrogen) atoms. The van der Waals surface area contributed by atoms with Crippen LogP contribution in [0.15, 0.2) is 36.4 Å². The Morgan fingerprint density at radius 2 is 1.31 bits per heavy atom. The number of hydrogen-bond donors (Lipinski definition) is 0. The summed E-state index contributed by atoms with van der Waals surface area (Å²) in [5, 5.41) is 9.10. The van der Waals surface area contributed by atoms with Crippen molar-refractivity contribution < 1.29 is 43.9 Å². The van der Waals surface area contributed by atoms with Gasteiger partial charge < -0.3 is 0 Å². The first-order valence-electron chi connectivity index (χ1n) is 7.28. The fourth-order valence-electron chi connectivity index (χ4n) is 2.58. The maximum atomic E-state index is 14.8. The van der Waals surface area contributed by atoms with Crippen molar-refractivity contribution in [1.82, 2.24) is 0 Å².